The Morgan fingerprint density at radius 2 is 2.11 bits per heavy atom. The maximum absolute atomic E-state index is 12.2. The Balaban J connectivity index is 2.78. The molecule has 0 N–H and O–H groups in total. The number of ether oxygens (including phenoxy) is 1. The van der Waals surface area contributed by atoms with Crippen LogP contribution in [-0.4, -0.2) is 17.4 Å². The molecule has 18 heavy (non-hydrogen) atoms. The Morgan fingerprint density at radius 3 is 2.72 bits per heavy atom. The second kappa shape index (κ2) is 8.31. The lowest BCUT2D eigenvalue weighted by Gasteiger charge is -2.11. The van der Waals surface area contributed by atoms with E-state index in [2.05, 4.69) is 58.2 Å². The van der Waals surface area contributed by atoms with Gasteiger partial charge in [-0.2, -0.15) is 0 Å². The van der Waals surface area contributed by atoms with Crippen LogP contribution in [0, 0.1) is 0 Å². The molecule has 0 fully saturated rings. The van der Waals surface area contributed by atoms with E-state index in [-0.39, 0.29) is 7.90 Å². The van der Waals surface area contributed by atoms with E-state index < -0.39 is 9.52 Å². The molecule has 0 saturated heterocycles. The van der Waals surface area contributed by atoms with Gasteiger partial charge in [-0.3, -0.25) is 4.79 Å². The van der Waals surface area contributed by atoms with Gasteiger partial charge < -0.3 is 4.74 Å². The van der Waals surface area contributed by atoms with E-state index in [1.807, 2.05) is 31.2 Å². The number of hydrogen-bond acceptors (Lipinski definition) is 2. The number of carbonyl (C=O) groups is 1. The molecule has 0 unspecified atom stereocenters. The number of carbonyl (C=O) groups excluding carboxylic acids is 1. The number of halogens is 2. The topological polar surface area (TPSA) is 26.3 Å². The fourth-order valence-electron chi connectivity index (χ4n) is 1.49. The summed E-state index contributed by atoms with van der Waals surface area (Å²) in [6, 6.07) is 8.17. The van der Waals surface area contributed by atoms with Crippen molar-refractivity contribution in [2.24, 2.45) is 0 Å². The summed E-state index contributed by atoms with van der Waals surface area (Å²) in [5.41, 5.74) is 0.715. The van der Waals surface area contributed by atoms with Crippen LogP contribution in [0.2, 0.25) is 6.04 Å². The quantitative estimate of drug-likeness (QED) is 0.264. The van der Waals surface area contributed by atoms with Gasteiger partial charge in [-0.1, -0.05) is 23.4 Å². The number of hydrogen-bond donors (Lipinski definition) is 0. The van der Waals surface area contributed by atoms with Crippen molar-refractivity contribution in [3.8, 4) is 5.75 Å². The molecule has 5 heteroatoms. The molecule has 0 radical (unpaired) electrons. The fourth-order valence-corrected chi connectivity index (χ4v) is 3.21. The number of benzene rings is 1. The van der Waals surface area contributed by atoms with Gasteiger partial charge >= 0.3 is 0 Å². The van der Waals surface area contributed by atoms with Crippen LogP contribution in [0.15, 0.2) is 35.5 Å². The zero-order valence-electron chi connectivity index (χ0n) is 10.5. The highest BCUT2D eigenvalue weighted by Crippen LogP contribution is 2.24. The summed E-state index contributed by atoms with van der Waals surface area (Å²) < 4.78 is 5.68. The molecule has 0 aliphatic carbocycles. The lowest BCUT2D eigenvalue weighted by atomic mass is 10.1. The molecule has 0 atom stereocenters. The molecule has 2 nitrogen and oxygen atoms in total. The molecule has 1 aromatic rings. The van der Waals surface area contributed by atoms with Crippen molar-refractivity contribution in [2.45, 2.75) is 22.0 Å². The number of para-hydroxylation sites is 1. The predicted octanol–water partition coefficient (Wildman–Crippen LogP) is 3.91. The summed E-state index contributed by atoms with van der Waals surface area (Å²) in [7, 11) is -0.446. The van der Waals surface area contributed by atoms with Crippen LogP contribution >= 0.6 is 45.2 Å². The fraction of sp³-hybridized carbons (Fsp3) is 0.308. The van der Waals surface area contributed by atoms with Crippen LogP contribution in [0.25, 0.3) is 0 Å². The molecular weight excluding hydrogens is 470 g/mol. The highest BCUT2D eigenvalue weighted by molar-refractivity contribution is 14.2. The Hall–Kier alpha value is 0.107. The van der Waals surface area contributed by atoms with Crippen LogP contribution in [-0.2, 0) is 0 Å². The molecule has 0 aliphatic rings. The maximum Gasteiger partial charge on any atom is 0.199 e. The molecule has 0 spiro atoms. The molecule has 0 saturated carbocycles. The Kier molecular flexibility index (Phi) is 7.46. The van der Waals surface area contributed by atoms with E-state index in [9.17, 15) is 4.79 Å². The minimum Gasteiger partial charge on any atom is -0.470 e. The minimum atomic E-state index is -0.446. The number of ketones is 1. The van der Waals surface area contributed by atoms with Gasteiger partial charge in [-0.05, 0) is 71.2 Å². The van der Waals surface area contributed by atoms with E-state index in [1.54, 1.807) is 0 Å². The van der Waals surface area contributed by atoms with Crippen molar-refractivity contribution in [2.75, 3.05) is 0 Å². The van der Waals surface area contributed by atoms with E-state index in [4.69, 9.17) is 4.74 Å². The highest BCUT2D eigenvalue weighted by Gasteiger charge is 2.13. The van der Waals surface area contributed by atoms with Crippen molar-refractivity contribution in [1.82, 2.24) is 0 Å². The predicted molar refractivity (Wildman–Crippen MR) is 96.0 cm³/mol. The molecule has 1 rings (SSSR count). The summed E-state index contributed by atoms with van der Waals surface area (Å²) in [4.78, 5) is 12.2. The minimum absolute atomic E-state index is 0.0312. The van der Waals surface area contributed by atoms with E-state index in [0.29, 0.717) is 17.4 Å². The molecule has 0 aliphatic heterocycles. The summed E-state index contributed by atoms with van der Waals surface area (Å²) in [5.74, 6) is 0.898. The first-order valence-corrected chi connectivity index (χ1v) is 9.93. The maximum atomic E-state index is 12.2. The third-order valence-electron chi connectivity index (χ3n) is 2.64. The number of allylic oxidation sites excluding steroid dienone is 2. The van der Waals surface area contributed by atoms with E-state index in [0.717, 1.165) is 0 Å². The number of rotatable bonds is 6. The van der Waals surface area contributed by atoms with Gasteiger partial charge in [0.15, 0.2) is 7.90 Å². The Bertz CT molecular complexity index is 444. The second-order valence-corrected chi connectivity index (χ2v) is 10.7. The van der Waals surface area contributed by atoms with Crippen LogP contribution < -0.4 is 4.74 Å². The van der Waals surface area contributed by atoms with Gasteiger partial charge in [0.05, 0.1) is 15.1 Å². The molecule has 0 heterocycles. The average molecular weight is 486 g/mol. The molecule has 0 bridgehead atoms. The zero-order valence-corrected chi connectivity index (χ0v) is 16.2. The number of Topliss-reactive ketones (excluding diaryl/α,β-unsaturated/α-hetero) is 1. The average Bonchev–Trinajstić information content (AvgIpc) is 2.35. The van der Waals surface area contributed by atoms with E-state index in [1.165, 1.54) is 5.20 Å². The van der Waals surface area contributed by atoms with Gasteiger partial charge in [0.25, 0.3) is 0 Å². The van der Waals surface area contributed by atoms with Gasteiger partial charge in [-0.25, -0.2) is 0 Å². The van der Waals surface area contributed by atoms with Crippen LogP contribution in [0.3, 0.4) is 0 Å². The number of alkyl halides is 2. The third kappa shape index (κ3) is 5.39. The molecular formula is C13H16I2O2Si. The van der Waals surface area contributed by atoms with Crippen LogP contribution in [0.5, 0.6) is 5.75 Å². The van der Waals surface area contributed by atoms with Crippen molar-refractivity contribution in [3.63, 3.8) is 0 Å². The van der Waals surface area contributed by atoms with Crippen LogP contribution in [0.1, 0.15) is 24.2 Å². The van der Waals surface area contributed by atoms with Crippen molar-refractivity contribution < 1.29 is 9.53 Å². The summed E-state index contributed by atoms with van der Waals surface area (Å²) in [5, 5.41) is 1.38. The Morgan fingerprint density at radius 1 is 1.44 bits per heavy atom. The van der Waals surface area contributed by atoms with Crippen molar-refractivity contribution in [1.29, 1.82) is 0 Å². The highest BCUT2D eigenvalue weighted by atomic mass is 127. The SMILES string of the molecule is CC=C(C)[SiH2]CC(=O)c1ccccc1OC(I)I. The second-order valence-electron chi connectivity index (χ2n) is 3.93. The monoisotopic (exact) mass is 486 g/mol. The normalized spacial score (nSPS) is 12.4. The van der Waals surface area contributed by atoms with Crippen LogP contribution in [0.4, 0.5) is 0 Å². The Labute approximate surface area is 138 Å². The first-order valence-electron chi connectivity index (χ1n) is 5.73. The molecule has 98 valence electrons. The summed E-state index contributed by atoms with van der Waals surface area (Å²) in [6.07, 6.45) is 2.10. The molecule has 1 aromatic carbocycles. The first-order chi connectivity index (χ1) is 8.54. The van der Waals surface area contributed by atoms with Gasteiger partial charge in [-0.15, -0.1) is 0 Å². The largest absolute Gasteiger partial charge is 0.470 e. The summed E-state index contributed by atoms with van der Waals surface area (Å²) >= 11 is 4.35. The summed E-state index contributed by atoms with van der Waals surface area (Å²) in [6.45, 7) is 4.13. The lowest BCUT2D eigenvalue weighted by Crippen LogP contribution is -2.08. The lowest BCUT2D eigenvalue weighted by molar-refractivity contribution is 0.101. The molecule has 0 aromatic heterocycles. The van der Waals surface area contributed by atoms with Gasteiger partial charge in [0.1, 0.15) is 5.75 Å². The zero-order chi connectivity index (χ0) is 13.5. The van der Waals surface area contributed by atoms with Gasteiger partial charge in [0, 0.05) is 6.04 Å². The standard InChI is InChI=1S/C13H16I2O2Si/c1-3-9(2)18-8-11(16)10-6-4-5-7-12(10)17-13(14)15/h3-7,13H,8,18H2,1-2H3. The van der Waals surface area contributed by atoms with E-state index >= 15 is 0 Å². The third-order valence-corrected chi connectivity index (χ3v) is 5.05. The van der Waals surface area contributed by atoms with Crippen molar-refractivity contribution >= 4 is 60.5 Å². The first kappa shape index (κ1) is 16.2. The van der Waals surface area contributed by atoms with Gasteiger partial charge in [0.2, 0.25) is 0 Å². The van der Waals surface area contributed by atoms with Crippen molar-refractivity contribution in [3.05, 3.63) is 41.1 Å². The smallest absolute Gasteiger partial charge is 0.199 e. The molecule has 0 amide bonds.